The fourth-order valence-corrected chi connectivity index (χ4v) is 2.56. The lowest BCUT2D eigenvalue weighted by Crippen LogP contribution is -2.39. The van der Waals surface area contributed by atoms with Crippen LogP contribution in [0.25, 0.3) is 0 Å². The maximum Gasteiger partial charge on any atom is 0.240 e. The highest BCUT2D eigenvalue weighted by Crippen LogP contribution is 2.28. The van der Waals surface area contributed by atoms with Gasteiger partial charge in [0.1, 0.15) is 12.1 Å². The highest BCUT2D eigenvalue weighted by atomic mass is 32.2. The first-order valence-corrected chi connectivity index (χ1v) is 7.21. The van der Waals surface area contributed by atoms with Crippen molar-refractivity contribution in [3.05, 3.63) is 23.8 Å². The van der Waals surface area contributed by atoms with Gasteiger partial charge in [0, 0.05) is 4.90 Å². The maximum absolute atomic E-state index is 11.4. The van der Waals surface area contributed by atoms with Gasteiger partial charge in [-0.3, -0.25) is 4.79 Å². The molecule has 5 heteroatoms. The van der Waals surface area contributed by atoms with Crippen LogP contribution >= 0.6 is 11.8 Å². The lowest BCUT2D eigenvalue weighted by atomic mass is 10.0. The number of nitrogens with one attached hydrogen (secondary N) is 1. The largest absolute Gasteiger partial charge is 0.372 e. The van der Waals surface area contributed by atoms with Crippen molar-refractivity contribution >= 4 is 23.4 Å². The van der Waals surface area contributed by atoms with Crippen molar-refractivity contribution in [2.24, 2.45) is 11.7 Å². The molecule has 0 bridgehead atoms. The molecular formula is C14H19N3OS. The van der Waals surface area contributed by atoms with Gasteiger partial charge >= 0.3 is 0 Å². The van der Waals surface area contributed by atoms with Gasteiger partial charge in [0.15, 0.2) is 0 Å². The number of primary amides is 1. The van der Waals surface area contributed by atoms with Crippen molar-refractivity contribution in [2.45, 2.75) is 31.7 Å². The number of hydrogen-bond acceptors (Lipinski definition) is 4. The van der Waals surface area contributed by atoms with Gasteiger partial charge in [-0.25, -0.2) is 0 Å². The van der Waals surface area contributed by atoms with Crippen LogP contribution in [0.4, 0.5) is 5.69 Å². The van der Waals surface area contributed by atoms with E-state index in [1.54, 1.807) is 17.8 Å². The second-order valence-electron chi connectivity index (χ2n) is 4.49. The molecule has 0 radical (unpaired) electrons. The van der Waals surface area contributed by atoms with Crippen LogP contribution < -0.4 is 11.1 Å². The maximum atomic E-state index is 11.4. The fraction of sp³-hybridized carbons (Fsp3) is 0.429. The van der Waals surface area contributed by atoms with E-state index in [1.165, 1.54) is 0 Å². The predicted octanol–water partition coefficient (Wildman–Crippen LogP) is 2.59. The minimum absolute atomic E-state index is 0.0616. The van der Waals surface area contributed by atoms with Crippen molar-refractivity contribution in [1.29, 1.82) is 5.26 Å². The Hall–Kier alpha value is -1.67. The van der Waals surface area contributed by atoms with Crippen molar-refractivity contribution in [2.75, 3.05) is 11.1 Å². The van der Waals surface area contributed by atoms with Crippen molar-refractivity contribution in [3.63, 3.8) is 0 Å². The number of benzene rings is 1. The Morgan fingerprint density at radius 2 is 2.21 bits per heavy atom. The van der Waals surface area contributed by atoms with Crippen molar-refractivity contribution in [3.8, 4) is 6.07 Å². The second kappa shape index (κ2) is 7.05. The summed E-state index contributed by atoms with van der Waals surface area (Å²) in [7, 11) is 0. The summed E-state index contributed by atoms with van der Waals surface area (Å²) in [6.45, 7) is 5.87. The molecular weight excluding hydrogens is 258 g/mol. The third kappa shape index (κ3) is 3.90. The van der Waals surface area contributed by atoms with Gasteiger partial charge in [0.2, 0.25) is 5.91 Å². The first-order valence-electron chi connectivity index (χ1n) is 6.23. The number of amides is 1. The van der Waals surface area contributed by atoms with Gasteiger partial charge in [0.05, 0.1) is 11.3 Å². The van der Waals surface area contributed by atoms with E-state index < -0.39 is 11.9 Å². The average Bonchev–Trinajstić information content (AvgIpc) is 2.35. The molecule has 1 aromatic rings. The molecule has 1 atom stereocenters. The molecule has 19 heavy (non-hydrogen) atoms. The van der Waals surface area contributed by atoms with Crippen LogP contribution in [0.2, 0.25) is 0 Å². The van der Waals surface area contributed by atoms with Crippen LogP contribution in [0.3, 0.4) is 0 Å². The van der Waals surface area contributed by atoms with Crippen LogP contribution in [0.15, 0.2) is 23.1 Å². The molecule has 3 N–H and O–H groups in total. The smallest absolute Gasteiger partial charge is 0.240 e. The van der Waals surface area contributed by atoms with Crippen molar-refractivity contribution < 1.29 is 4.79 Å². The highest BCUT2D eigenvalue weighted by Gasteiger charge is 2.21. The molecule has 102 valence electrons. The Morgan fingerprint density at radius 1 is 1.53 bits per heavy atom. The summed E-state index contributed by atoms with van der Waals surface area (Å²) >= 11 is 1.61. The van der Waals surface area contributed by atoms with Gasteiger partial charge in [-0.15, -0.1) is 11.8 Å². The number of nitrogens with zero attached hydrogens (tertiary/aromatic N) is 1. The molecule has 4 nitrogen and oxygen atoms in total. The summed E-state index contributed by atoms with van der Waals surface area (Å²) in [5, 5.41) is 12.4. The Labute approximate surface area is 118 Å². The Kier molecular flexibility index (Phi) is 5.71. The molecule has 0 aliphatic heterocycles. The zero-order valence-corrected chi connectivity index (χ0v) is 12.3. The van der Waals surface area contributed by atoms with Gasteiger partial charge in [-0.05, 0) is 23.8 Å². The summed E-state index contributed by atoms with van der Waals surface area (Å²) in [6, 6.07) is 7.30. The van der Waals surface area contributed by atoms with Crippen LogP contribution in [-0.4, -0.2) is 17.7 Å². The lowest BCUT2D eigenvalue weighted by molar-refractivity contribution is -0.119. The molecule has 1 rings (SSSR count). The summed E-state index contributed by atoms with van der Waals surface area (Å²) < 4.78 is 0. The van der Waals surface area contributed by atoms with Crippen LogP contribution in [0.5, 0.6) is 0 Å². The zero-order chi connectivity index (χ0) is 14.4. The van der Waals surface area contributed by atoms with E-state index in [-0.39, 0.29) is 5.92 Å². The van der Waals surface area contributed by atoms with E-state index in [0.29, 0.717) is 11.3 Å². The first-order chi connectivity index (χ1) is 9.01. The van der Waals surface area contributed by atoms with E-state index in [1.807, 2.05) is 32.9 Å². The van der Waals surface area contributed by atoms with Crippen LogP contribution in [0.1, 0.15) is 26.3 Å². The number of hydrogen-bond donors (Lipinski definition) is 2. The van der Waals surface area contributed by atoms with Gasteiger partial charge in [0.25, 0.3) is 0 Å². The van der Waals surface area contributed by atoms with E-state index >= 15 is 0 Å². The lowest BCUT2D eigenvalue weighted by Gasteiger charge is -2.21. The standard InChI is InChI=1S/C14H19N3OS/c1-4-19-12-7-5-6-11(10(12)8-15)17-13(9(2)3)14(16)18/h5-7,9,13,17H,4H2,1-3H3,(H2,16,18). The SMILES string of the molecule is CCSc1cccc(NC(C(N)=O)C(C)C)c1C#N. The van der Waals surface area contributed by atoms with E-state index in [0.717, 1.165) is 10.6 Å². The minimum Gasteiger partial charge on any atom is -0.372 e. The monoisotopic (exact) mass is 277 g/mol. The summed E-state index contributed by atoms with van der Waals surface area (Å²) in [5.41, 5.74) is 6.62. The number of carbonyl (C=O) groups is 1. The molecule has 1 aromatic carbocycles. The average molecular weight is 277 g/mol. The Balaban J connectivity index is 3.10. The third-order valence-corrected chi connectivity index (χ3v) is 3.66. The molecule has 0 aromatic heterocycles. The van der Waals surface area contributed by atoms with Crippen LogP contribution in [0, 0.1) is 17.2 Å². The molecule has 0 heterocycles. The van der Waals surface area contributed by atoms with Gasteiger partial charge in [-0.1, -0.05) is 26.8 Å². The first kappa shape index (κ1) is 15.4. The normalized spacial score (nSPS) is 11.9. The summed E-state index contributed by atoms with van der Waals surface area (Å²) in [6.07, 6.45) is 0. The molecule has 0 saturated carbocycles. The number of thioether (sulfide) groups is 1. The molecule has 0 saturated heterocycles. The zero-order valence-electron chi connectivity index (χ0n) is 11.4. The molecule has 1 amide bonds. The Morgan fingerprint density at radius 3 is 2.68 bits per heavy atom. The molecule has 0 spiro atoms. The van der Waals surface area contributed by atoms with Crippen molar-refractivity contribution in [1.82, 2.24) is 0 Å². The third-order valence-electron chi connectivity index (χ3n) is 2.72. The summed E-state index contributed by atoms with van der Waals surface area (Å²) in [5.74, 6) is 0.542. The number of nitriles is 1. The van der Waals surface area contributed by atoms with E-state index in [2.05, 4.69) is 11.4 Å². The fourth-order valence-electron chi connectivity index (χ4n) is 1.78. The summed E-state index contributed by atoms with van der Waals surface area (Å²) in [4.78, 5) is 12.3. The molecule has 0 fully saturated rings. The number of carbonyl (C=O) groups excluding carboxylic acids is 1. The highest BCUT2D eigenvalue weighted by molar-refractivity contribution is 7.99. The number of nitrogens with two attached hydrogens (primary N) is 1. The number of rotatable bonds is 6. The van der Waals surface area contributed by atoms with E-state index in [4.69, 9.17) is 5.73 Å². The van der Waals surface area contributed by atoms with Crippen LogP contribution in [-0.2, 0) is 4.79 Å². The second-order valence-corrected chi connectivity index (χ2v) is 5.80. The quantitative estimate of drug-likeness (QED) is 0.783. The van der Waals surface area contributed by atoms with Gasteiger partial charge in [-0.2, -0.15) is 5.26 Å². The minimum atomic E-state index is -0.478. The van der Waals surface area contributed by atoms with E-state index in [9.17, 15) is 10.1 Å². The predicted molar refractivity (Wildman–Crippen MR) is 79.0 cm³/mol. The molecule has 0 aliphatic carbocycles. The topological polar surface area (TPSA) is 78.9 Å². The number of anilines is 1. The molecule has 1 unspecified atom stereocenters. The molecule has 0 aliphatic rings. The van der Waals surface area contributed by atoms with Gasteiger partial charge < -0.3 is 11.1 Å². The Bertz CT molecular complexity index is 494.